The van der Waals surface area contributed by atoms with Crippen molar-refractivity contribution >= 4 is 6.29 Å². The summed E-state index contributed by atoms with van der Waals surface area (Å²) in [5, 5.41) is 7.48. The molecular formula is C11H10FN3O. The minimum Gasteiger partial charge on any atom is -0.296 e. The van der Waals surface area contributed by atoms with Crippen LogP contribution in [0.15, 0.2) is 24.3 Å². The Morgan fingerprint density at radius 3 is 2.69 bits per heavy atom. The number of rotatable bonds is 3. The smallest absolute Gasteiger partial charge is 0.172 e. The van der Waals surface area contributed by atoms with E-state index in [1.807, 2.05) is 0 Å². The lowest BCUT2D eigenvalue weighted by Gasteiger charge is -2.02. The maximum absolute atomic E-state index is 12.7. The van der Waals surface area contributed by atoms with Gasteiger partial charge in [-0.25, -0.2) is 4.39 Å². The van der Waals surface area contributed by atoms with Gasteiger partial charge in [-0.15, -0.1) is 5.10 Å². The van der Waals surface area contributed by atoms with Crippen molar-refractivity contribution in [2.45, 2.75) is 6.42 Å². The zero-order valence-electron chi connectivity index (χ0n) is 8.72. The van der Waals surface area contributed by atoms with Crippen LogP contribution in [0.5, 0.6) is 0 Å². The maximum Gasteiger partial charge on any atom is 0.172 e. The van der Waals surface area contributed by atoms with E-state index >= 15 is 0 Å². The van der Waals surface area contributed by atoms with Crippen LogP contribution in [0.1, 0.15) is 21.7 Å². The van der Waals surface area contributed by atoms with E-state index in [4.69, 9.17) is 0 Å². The quantitative estimate of drug-likeness (QED) is 0.732. The van der Waals surface area contributed by atoms with E-state index in [0.29, 0.717) is 18.4 Å². The first kappa shape index (κ1) is 10.5. The fourth-order valence-corrected chi connectivity index (χ4v) is 1.48. The Morgan fingerprint density at radius 2 is 2.06 bits per heavy atom. The molecule has 5 heteroatoms. The second-order valence-corrected chi connectivity index (χ2v) is 3.47. The van der Waals surface area contributed by atoms with Gasteiger partial charge in [0.1, 0.15) is 11.5 Å². The van der Waals surface area contributed by atoms with Crippen molar-refractivity contribution in [3.05, 3.63) is 47.0 Å². The molecule has 0 saturated heterocycles. The van der Waals surface area contributed by atoms with Gasteiger partial charge >= 0.3 is 0 Å². The molecule has 82 valence electrons. The van der Waals surface area contributed by atoms with E-state index in [9.17, 15) is 9.18 Å². The first-order valence-electron chi connectivity index (χ1n) is 4.79. The standard InChI is InChI=1S/C11H10FN3O/c1-15-11(10(7-16)13-14-15)6-8-2-4-9(12)5-3-8/h2-5,7H,6H2,1H3. The number of aromatic nitrogens is 3. The molecule has 0 saturated carbocycles. The zero-order chi connectivity index (χ0) is 11.5. The maximum atomic E-state index is 12.7. The molecule has 0 amide bonds. The van der Waals surface area contributed by atoms with Crippen LogP contribution in [0, 0.1) is 5.82 Å². The minimum absolute atomic E-state index is 0.275. The lowest BCUT2D eigenvalue weighted by atomic mass is 10.1. The lowest BCUT2D eigenvalue weighted by Crippen LogP contribution is -2.01. The molecule has 0 radical (unpaired) electrons. The Hall–Kier alpha value is -2.04. The highest BCUT2D eigenvalue weighted by Crippen LogP contribution is 2.11. The third kappa shape index (κ3) is 1.98. The highest BCUT2D eigenvalue weighted by molar-refractivity contribution is 5.73. The van der Waals surface area contributed by atoms with Crippen LogP contribution in [-0.2, 0) is 13.5 Å². The molecule has 0 fully saturated rings. The Labute approximate surface area is 91.7 Å². The van der Waals surface area contributed by atoms with Gasteiger partial charge in [-0.2, -0.15) is 0 Å². The first-order chi connectivity index (χ1) is 7.70. The summed E-state index contributed by atoms with van der Waals surface area (Å²) in [6.07, 6.45) is 1.18. The Bertz CT molecular complexity index is 504. The molecule has 0 atom stereocenters. The predicted octanol–water partition coefficient (Wildman–Crippen LogP) is 1.36. The number of aldehydes is 1. The number of hydrogen-bond acceptors (Lipinski definition) is 3. The topological polar surface area (TPSA) is 47.8 Å². The van der Waals surface area contributed by atoms with Crippen LogP contribution in [0.25, 0.3) is 0 Å². The van der Waals surface area contributed by atoms with Gasteiger partial charge in [0.25, 0.3) is 0 Å². The molecule has 0 spiro atoms. The summed E-state index contributed by atoms with van der Waals surface area (Å²) in [5.41, 5.74) is 1.96. The molecule has 0 aliphatic heterocycles. The van der Waals surface area contributed by atoms with Crippen molar-refractivity contribution in [3.8, 4) is 0 Å². The van der Waals surface area contributed by atoms with E-state index in [2.05, 4.69) is 10.3 Å². The second-order valence-electron chi connectivity index (χ2n) is 3.47. The Morgan fingerprint density at radius 1 is 1.38 bits per heavy atom. The number of aryl methyl sites for hydroxylation is 1. The van der Waals surface area contributed by atoms with Gasteiger partial charge < -0.3 is 0 Å². The van der Waals surface area contributed by atoms with Crippen molar-refractivity contribution in [1.82, 2.24) is 15.0 Å². The summed E-state index contributed by atoms with van der Waals surface area (Å²) in [6.45, 7) is 0. The summed E-state index contributed by atoms with van der Waals surface area (Å²) in [6, 6.07) is 6.13. The van der Waals surface area contributed by atoms with Crippen LogP contribution < -0.4 is 0 Å². The van der Waals surface area contributed by atoms with Gasteiger partial charge in [-0.3, -0.25) is 9.48 Å². The Kier molecular flexibility index (Phi) is 2.76. The lowest BCUT2D eigenvalue weighted by molar-refractivity contribution is 0.111. The molecular weight excluding hydrogens is 209 g/mol. The number of carbonyl (C=O) groups excluding carboxylic acids is 1. The largest absolute Gasteiger partial charge is 0.296 e. The predicted molar refractivity (Wildman–Crippen MR) is 55.6 cm³/mol. The number of nitrogens with zero attached hydrogens (tertiary/aromatic N) is 3. The molecule has 0 bridgehead atoms. The summed E-state index contributed by atoms with van der Waals surface area (Å²) in [5.74, 6) is -0.275. The van der Waals surface area contributed by atoms with Gasteiger partial charge in [0.2, 0.25) is 0 Å². The highest BCUT2D eigenvalue weighted by atomic mass is 19.1. The molecule has 2 rings (SSSR count). The second kappa shape index (κ2) is 4.22. The average Bonchev–Trinajstić information content (AvgIpc) is 2.63. The van der Waals surface area contributed by atoms with Gasteiger partial charge in [-0.05, 0) is 17.7 Å². The number of carbonyl (C=O) groups is 1. The van der Waals surface area contributed by atoms with Gasteiger partial charge in [0, 0.05) is 13.5 Å². The van der Waals surface area contributed by atoms with Gasteiger partial charge in [0.15, 0.2) is 6.29 Å². The highest BCUT2D eigenvalue weighted by Gasteiger charge is 2.10. The summed E-state index contributed by atoms with van der Waals surface area (Å²) in [7, 11) is 1.72. The molecule has 0 aliphatic rings. The van der Waals surface area contributed by atoms with E-state index in [1.165, 1.54) is 12.1 Å². The SMILES string of the molecule is Cn1nnc(C=O)c1Cc1ccc(F)cc1. The number of benzene rings is 1. The van der Waals surface area contributed by atoms with E-state index in [0.717, 1.165) is 11.3 Å². The van der Waals surface area contributed by atoms with Crippen molar-refractivity contribution < 1.29 is 9.18 Å². The fraction of sp³-hybridized carbons (Fsp3) is 0.182. The molecule has 0 N–H and O–H groups in total. The van der Waals surface area contributed by atoms with Crippen LogP contribution in [-0.4, -0.2) is 21.3 Å². The number of hydrogen-bond donors (Lipinski definition) is 0. The third-order valence-electron chi connectivity index (χ3n) is 2.37. The molecule has 16 heavy (non-hydrogen) atoms. The average molecular weight is 219 g/mol. The van der Waals surface area contributed by atoms with Crippen LogP contribution in [0.2, 0.25) is 0 Å². The zero-order valence-corrected chi connectivity index (χ0v) is 8.72. The monoisotopic (exact) mass is 219 g/mol. The molecule has 0 unspecified atom stereocenters. The first-order valence-corrected chi connectivity index (χ1v) is 4.79. The summed E-state index contributed by atoms with van der Waals surface area (Å²) >= 11 is 0. The van der Waals surface area contributed by atoms with Gasteiger partial charge in [0.05, 0.1) is 5.69 Å². The van der Waals surface area contributed by atoms with Crippen molar-refractivity contribution in [1.29, 1.82) is 0 Å². The normalized spacial score (nSPS) is 10.4. The molecule has 4 nitrogen and oxygen atoms in total. The number of halogens is 1. The van der Waals surface area contributed by atoms with Crippen molar-refractivity contribution in [2.75, 3.05) is 0 Å². The van der Waals surface area contributed by atoms with Crippen molar-refractivity contribution in [3.63, 3.8) is 0 Å². The Balaban J connectivity index is 2.29. The minimum atomic E-state index is -0.275. The molecule has 1 aromatic heterocycles. The summed E-state index contributed by atoms with van der Waals surface area (Å²) < 4.78 is 14.3. The van der Waals surface area contributed by atoms with Gasteiger partial charge in [-0.1, -0.05) is 17.3 Å². The van der Waals surface area contributed by atoms with Crippen LogP contribution >= 0.6 is 0 Å². The van der Waals surface area contributed by atoms with E-state index in [1.54, 1.807) is 23.9 Å². The van der Waals surface area contributed by atoms with E-state index < -0.39 is 0 Å². The third-order valence-corrected chi connectivity index (χ3v) is 2.37. The van der Waals surface area contributed by atoms with Crippen molar-refractivity contribution in [2.24, 2.45) is 7.05 Å². The molecule has 0 aliphatic carbocycles. The van der Waals surface area contributed by atoms with E-state index in [-0.39, 0.29) is 5.82 Å². The summed E-state index contributed by atoms with van der Waals surface area (Å²) in [4.78, 5) is 10.7. The molecule has 1 heterocycles. The fourth-order valence-electron chi connectivity index (χ4n) is 1.48. The van der Waals surface area contributed by atoms with Crippen LogP contribution in [0.3, 0.4) is 0 Å². The molecule has 2 aromatic rings. The molecule has 1 aromatic carbocycles. The van der Waals surface area contributed by atoms with Crippen LogP contribution in [0.4, 0.5) is 4.39 Å².